The van der Waals surface area contributed by atoms with Crippen LogP contribution in [0.15, 0.2) is 12.3 Å². The number of nitrogens with zero attached hydrogens (tertiary/aromatic N) is 2. The van der Waals surface area contributed by atoms with Gasteiger partial charge in [0.2, 0.25) is 5.88 Å². The van der Waals surface area contributed by atoms with Crippen LogP contribution in [0.25, 0.3) is 0 Å². The summed E-state index contributed by atoms with van der Waals surface area (Å²) < 4.78 is 5.72. The minimum absolute atomic E-state index is 0.340. The zero-order valence-electron chi connectivity index (χ0n) is 5.44. The Morgan fingerprint density at radius 2 is 2.60 bits per heavy atom. The van der Waals surface area contributed by atoms with Crippen molar-refractivity contribution in [3.8, 4) is 5.88 Å². The number of carbonyl (C=O) groups is 1. The second-order valence-corrected chi connectivity index (χ2v) is 1.62. The fourth-order valence-electron chi connectivity index (χ4n) is 0.611. The Morgan fingerprint density at radius 3 is 3.00 bits per heavy atom. The summed E-state index contributed by atoms with van der Waals surface area (Å²) in [5, 5.41) is 3.60. The fourth-order valence-corrected chi connectivity index (χ4v) is 0.611. The third-order valence-corrected chi connectivity index (χ3v) is 1.03. The number of hydrogen-bond acceptors (Lipinski definition) is 3. The second-order valence-electron chi connectivity index (χ2n) is 1.62. The lowest BCUT2D eigenvalue weighted by Gasteiger charge is -1.98. The Hall–Kier alpha value is -1.52. The molecule has 0 radical (unpaired) electrons. The molecule has 54 valence electrons. The van der Waals surface area contributed by atoms with E-state index in [-0.39, 0.29) is 0 Å². The number of nitrogens with two attached hydrogens (primary N) is 1. The van der Waals surface area contributed by atoms with E-state index in [1.54, 1.807) is 6.07 Å². The quantitative estimate of drug-likeness (QED) is 0.589. The third-order valence-electron chi connectivity index (χ3n) is 1.03. The van der Waals surface area contributed by atoms with Gasteiger partial charge in [-0.1, -0.05) is 0 Å². The molecule has 0 spiro atoms. The van der Waals surface area contributed by atoms with Gasteiger partial charge < -0.3 is 10.5 Å². The van der Waals surface area contributed by atoms with Crippen molar-refractivity contribution >= 4 is 6.03 Å². The zero-order valence-corrected chi connectivity index (χ0v) is 5.44. The number of carbonyl (C=O) groups excluding carboxylic acids is 1. The van der Waals surface area contributed by atoms with E-state index in [1.165, 1.54) is 13.3 Å². The molecule has 0 fully saturated rings. The zero-order chi connectivity index (χ0) is 7.56. The highest BCUT2D eigenvalue weighted by molar-refractivity contribution is 5.75. The van der Waals surface area contributed by atoms with Gasteiger partial charge in [-0.05, 0) is 0 Å². The maximum absolute atomic E-state index is 10.5. The Bertz CT molecular complexity index is 243. The summed E-state index contributed by atoms with van der Waals surface area (Å²) in [7, 11) is 1.44. The van der Waals surface area contributed by atoms with Crippen molar-refractivity contribution in [1.29, 1.82) is 0 Å². The van der Waals surface area contributed by atoms with Crippen LogP contribution in [0.1, 0.15) is 0 Å². The van der Waals surface area contributed by atoms with Gasteiger partial charge in [-0.15, -0.1) is 4.68 Å². The Kier molecular flexibility index (Phi) is 1.57. The first-order valence-corrected chi connectivity index (χ1v) is 2.63. The molecule has 5 nitrogen and oxygen atoms in total. The van der Waals surface area contributed by atoms with Crippen LogP contribution in [0.2, 0.25) is 0 Å². The predicted molar refractivity (Wildman–Crippen MR) is 33.8 cm³/mol. The number of amides is 1. The van der Waals surface area contributed by atoms with Gasteiger partial charge in [0.05, 0.1) is 13.3 Å². The smallest absolute Gasteiger partial charge is 0.342 e. The van der Waals surface area contributed by atoms with Crippen LogP contribution in [0.3, 0.4) is 0 Å². The van der Waals surface area contributed by atoms with Crippen LogP contribution in [-0.4, -0.2) is 22.9 Å². The van der Waals surface area contributed by atoms with Crippen molar-refractivity contribution < 1.29 is 9.53 Å². The molecule has 0 aliphatic rings. The van der Waals surface area contributed by atoms with E-state index < -0.39 is 6.03 Å². The summed E-state index contributed by atoms with van der Waals surface area (Å²) in [6.07, 6.45) is 1.43. The van der Waals surface area contributed by atoms with Gasteiger partial charge in [-0.3, -0.25) is 0 Å². The van der Waals surface area contributed by atoms with Crippen molar-refractivity contribution in [1.82, 2.24) is 9.78 Å². The average Bonchev–Trinajstić information content (AvgIpc) is 2.33. The molecule has 0 saturated heterocycles. The molecule has 5 heteroatoms. The van der Waals surface area contributed by atoms with Gasteiger partial charge in [-0.2, -0.15) is 5.10 Å². The van der Waals surface area contributed by atoms with Gasteiger partial charge >= 0.3 is 6.03 Å². The fraction of sp³-hybridized carbons (Fsp3) is 0.200. The molecule has 2 N–H and O–H groups in total. The molecule has 0 bridgehead atoms. The summed E-state index contributed by atoms with van der Waals surface area (Å²) in [6, 6.07) is 0.895. The minimum Gasteiger partial charge on any atom is -0.481 e. The third kappa shape index (κ3) is 0.928. The SMILES string of the molecule is COc1ccnn1C(N)=O. The number of rotatable bonds is 1. The Morgan fingerprint density at radius 1 is 1.90 bits per heavy atom. The first kappa shape index (κ1) is 6.60. The van der Waals surface area contributed by atoms with E-state index in [0.717, 1.165) is 4.68 Å². The maximum atomic E-state index is 10.5. The summed E-state index contributed by atoms with van der Waals surface area (Å²) >= 11 is 0. The van der Waals surface area contributed by atoms with Crippen LogP contribution in [0.4, 0.5) is 4.79 Å². The molecular formula is C5H7N3O2. The highest BCUT2D eigenvalue weighted by Crippen LogP contribution is 2.05. The first-order chi connectivity index (χ1) is 4.75. The summed E-state index contributed by atoms with van der Waals surface area (Å²) in [6.45, 7) is 0. The lowest BCUT2D eigenvalue weighted by atomic mass is 10.7. The van der Waals surface area contributed by atoms with Crippen LogP contribution in [0, 0.1) is 0 Å². The summed E-state index contributed by atoms with van der Waals surface area (Å²) in [5.74, 6) is 0.340. The number of aromatic nitrogens is 2. The van der Waals surface area contributed by atoms with E-state index in [2.05, 4.69) is 5.10 Å². The summed E-state index contributed by atoms with van der Waals surface area (Å²) in [4.78, 5) is 10.5. The minimum atomic E-state index is -0.651. The lowest BCUT2D eigenvalue weighted by Crippen LogP contribution is -2.21. The number of hydrogen-bond donors (Lipinski definition) is 1. The normalized spacial score (nSPS) is 9.30. The maximum Gasteiger partial charge on any atom is 0.342 e. The predicted octanol–water partition coefficient (Wildman–Crippen LogP) is -0.181. The van der Waals surface area contributed by atoms with Gasteiger partial charge in [0, 0.05) is 6.07 Å². The molecule has 1 rings (SSSR count). The van der Waals surface area contributed by atoms with E-state index in [9.17, 15) is 4.79 Å². The van der Waals surface area contributed by atoms with Crippen LogP contribution in [-0.2, 0) is 0 Å². The van der Waals surface area contributed by atoms with Crippen molar-refractivity contribution in [2.75, 3.05) is 7.11 Å². The summed E-state index contributed by atoms with van der Waals surface area (Å²) in [5.41, 5.74) is 4.92. The number of ether oxygens (including phenoxy) is 1. The van der Waals surface area contributed by atoms with E-state index in [4.69, 9.17) is 10.5 Å². The van der Waals surface area contributed by atoms with Crippen LogP contribution >= 0.6 is 0 Å². The number of methoxy groups -OCH3 is 1. The molecule has 1 heterocycles. The van der Waals surface area contributed by atoms with Crippen molar-refractivity contribution in [2.24, 2.45) is 5.73 Å². The molecule has 0 aliphatic heterocycles. The largest absolute Gasteiger partial charge is 0.481 e. The van der Waals surface area contributed by atoms with E-state index in [1.807, 2.05) is 0 Å². The van der Waals surface area contributed by atoms with Crippen LogP contribution < -0.4 is 10.5 Å². The average molecular weight is 141 g/mol. The Labute approximate surface area is 57.4 Å². The van der Waals surface area contributed by atoms with E-state index in [0.29, 0.717) is 5.88 Å². The molecule has 1 aromatic rings. The van der Waals surface area contributed by atoms with Gasteiger partial charge in [-0.25, -0.2) is 4.79 Å². The van der Waals surface area contributed by atoms with Gasteiger partial charge in [0.1, 0.15) is 0 Å². The monoisotopic (exact) mass is 141 g/mol. The Balaban J connectivity index is 3.01. The molecular weight excluding hydrogens is 134 g/mol. The highest BCUT2D eigenvalue weighted by Gasteiger charge is 2.04. The molecule has 1 aromatic heterocycles. The highest BCUT2D eigenvalue weighted by atomic mass is 16.5. The second kappa shape index (κ2) is 2.38. The molecule has 0 unspecified atom stereocenters. The molecule has 0 aromatic carbocycles. The van der Waals surface area contributed by atoms with Crippen molar-refractivity contribution in [3.63, 3.8) is 0 Å². The lowest BCUT2D eigenvalue weighted by molar-refractivity contribution is 0.243. The van der Waals surface area contributed by atoms with Crippen molar-refractivity contribution in [2.45, 2.75) is 0 Å². The molecule has 0 aliphatic carbocycles. The molecule has 10 heavy (non-hydrogen) atoms. The van der Waals surface area contributed by atoms with Gasteiger partial charge in [0.25, 0.3) is 0 Å². The molecule has 1 amide bonds. The van der Waals surface area contributed by atoms with Gasteiger partial charge in [0.15, 0.2) is 0 Å². The standard InChI is InChI=1S/C5H7N3O2/c1-10-4-2-3-7-8(4)5(6)9/h2-3H,1H3,(H2,6,9). The van der Waals surface area contributed by atoms with E-state index >= 15 is 0 Å². The molecule has 0 saturated carbocycles. The molecule has 0 atom stereocenters. The number of primary amides is 1. The first-order valence-electron chi connectivity index (χ1n) is 2.63. The van der Waals surface area contributed by atoms with Crippen molar-refractivity contribution in [3.05, 3.63) is 12.3 Å². The topological polar surface area (TPSA) is 70.1 Å². The van der Waals surface area contributed by atoms with Crippen LogP contribution in [0.5, 0.6) is 5.88 Å².